The topological polar surface area (TPSA) is 32.3 Å². The lowest BCUT2D eigenvalue weighted by Crippen LogP contribution is -2.31. The van der Waals surface area contributed by atoms with Gasteiger partial charge in [-0.1, -0.05) is 36.4 Å². The summed E-state index contributed by atoms with van der Waals surface area (Å²) in [6, 6.07) is 15.6. The Kier molecular flexibility index (Phi) is 4.56. The number of aliphatic hydroxyl groups is 1. The molecule has 2 nitrogen and oxygen atoms in total. The fraction of sp³-hybridized carbons (Fsp3) is 0.412. The van der Waals surface area contributed by atoms with Crippen LogP contribution in [0, 0.1) is 0 Å². The first kappa shape index (κ1) is 14.0. The molecular formula is C17H23NO. The zero-order valence-electron chi connectivity index (χ0n) is 11.9. The van der Waals surface area contributed by atoms with Gasteiger partial charge in [0.2, 0.25) is 0 Å². The minimum absolute atomic E-state index is 0.258. The molecule has 2 rings (SSSR count). The van der Waals surface area contributed by atoms with Crippen LogP contribution in [0.25, 0.3) is 10.8 Å². The van der Waals surface area contributed by atoms with Crippen molar-refractivity contribution < 1.29 is 5.11 Å². The Morgan fingerprint density at radius 2 is 1.68 bits per heavy atom. The highest BCUT2D eigenvalue weighted by Gasteiger charge is 2.11. The Bertz CT molecular complexity index is 536. The van der Waals surface area contributed by atoms with Gasteiger partial charge in [0, 0.05) is 12.1 Å². The summed E-state index contributed by atoms with van der Waals surface area (Å²) >= 11 is 0. The maximum atomic E-state index is 9.41. The fourth-order valence-electron chi connectivity index (χ4n) is 2.58. The van der Waals surface area contributed by atoms with Gasteiger partial charge in [-0.05, 0) is 49.6 Å². The summed E-state index contributed by atoms with van der Waals surface area (Å²) in [4.78, 5) is 0. The Balaban J connectivity index is 2.10. The van der Waals surface area contributed by atoms with Crippen molar-refractivity contribution in [1.29, 1.82) is 0 Å². The van der Waals surface area contributed by atoms with Crippen LogP contribution in [0.4, 0.5) is 0 Å². The van der Waals surface area contributed by atoms with E-state index in [1.807, 2.05) is 6.92 Å². The van der Waals surface area contributed by atoms with Crippen LogP contribution < -0.4 is 5.32 Å². The summed E-state index contributed by atoms with van der Waals surface area (Å²) in [5, 5.41) is 15.5. The Labute approximate surface area is 115 Å². The standard InChI is InChI=1S/C17H23NO/c1-12(10-13(2)19)18-14(3)16-9-8-15-6-4-5-7-17(15)11-16/h4-9,11-14,18-19H,10H2,1-3H3. The summed E-state index contributed by atoms with van der Waals surface area (Å²) in [6.45, 7) is 6.12. The number of benzene rings is 2. The number of hydrogen-bond acceptors (Lipinski definition) is 2. The second-order valence-corrected chi connectivity index (χ2v) is 5.48. The van der Waals surface area contributed by atoms with E-state index in [-0.39, 0.29) is 6.10 Å². The molecule has 0 aliphatic rings. The molecule has 2 heteroatoms. The van der Waals surface area contributed by atoms with Gasteiger partial charge in [0.25, 0.3) is 0 Å². The monoisotopic (exact) mass is 257 g/mol. The third kappa shape index (κ3) is 3.79. The van der Waals surface area contributed by atoms with Gasteiger partial charge < -0.3 is 10.4 Å². The molecule has 2 aromatic rings. The first-order valence-corrected chi connectivity index (χ1v) is 6.99. The third-order valence-electron chi connectivity index (χ3n) is 3.50. The minimum atomic E-state index is -0.258. The Morgan fingerprint density at radius 3 is 2.37 bits per heavy atom. The Morgan fingerprint density at radius 1 is 1.00 bits per heavy atom. The number of fused-ring (bicyclic) bond motifs is 1. The molecule has 2 aromatic carbocycles. The summed E-state index contributed by atoms with van der Waals surface area (Å²) in [7, 11) is 0. The Hall–Kier alpha value is -1.38. The van der Waals surface area contributed by atoms with Crippen molar-refractivity contribution in [2.75, 3.05) is 0 Å². The molecule has 0 saturated heterocycles. The summed E-state index contributed by atoms with van der Waals surface area (Å²) in [5.74, 6) is 0. The quantitative estimate of drug-likeness (QED) is 0.857. The van der Waals surface area contributed by atoms with Crippen molar-refractivity contribution in [1.82, 2.24) is 5.32 Å². The van der Waals surface area contributed by atoms with E-state index in [1.165, 1.54) is 16.3 Å². The van der Waals surface area contributed by atoms with E-state index in [1.54, 1.807) is 0 Å². The second-order valence-electron chi connectivity index (χ2n) is 5.48. The van der Waals surface area contributed by atoms with E-state index in [4.69, 9.17) is 0 Å². The van der Waals surface area contributed by atoms with Crippen molar-refractivity contribution in [2.45, 2.75) is 45.4 Å². The normalized spacial score (nSPS) is 16.2. The van der Waals surface area contributed by atoms with E-state index in [2.05, 4.69) is 61.6 Å². The summed E-state index contributed by atoms with van der Waals surface area (Å²) in [5.41, 5.74) is 1.29. The first-order valence-electron chi connectivity index (χ1n) is 6.99. The van der Waals surface area contributed by atoms with E-state index < -0.39 is 0 Å². The molecule has 3 unspecified atom stereocenters. The minimum Gasteiger partial charge on any atom is -0.393 e. The van der Waals surface area contributed by atoms with Crippen LogP contribution in [-0.4, -0.2) is 17.3 Å². The van der Waals surface area contributed by atoms with Gasteiger partial charge in [0.15, 0.2) is 0 Å². The van der Waals surface area contributed by atoms with Crippen molar-refractivity contribution in [3.63, 3.8) is 0 Å². The average Bonchev–Trinajstić information content (AvgIpc) is 2.37. The number of rotatable bonds is 5. The number of hydrogen-bond donors (Lipinski definition) is 2. The number of nitrogens with one attached hydrogen (secondary N) is 1. The van der Waals surface area contributed by atoms with Crippen molar-refractivity contribution >= 4 is 10.8 Å². The lowest BCUT2D eigenvalue weighted by Gasteiger charge is -2.21. The van der Waals surface area contributed by atoms with Crippen molar-refractivity contribution in [2.24, 2.45) is 0 Å². The molecule has 0 aliphatic heterocycles. The highest BCUT2D eigenvalue weighted by molar-refractivity contribution is 5.83. The molecule has 0 fully saturated rings. The maximum absolute atomic E-state index is 9.41. The third-order valence-corrected chi connectivity index (χ3v) is 3.50. The predicted molar refractivity (Wildman–Crippen MR) is 81.3 cm³/mol. The smallest absolute Gasteiger partial charge is 0.0526 e. The molecular weight excluding hydrogens is 234 g/mol. The highest BCUT2D eigenvalue weighted by atomic mass is 16.3. The fourth-order valence-corrected chi connectivity index (χ4v) is 2.58. The molecule has 0 saturated carbocycles. The summed E-state index contributed by atoms with van der Waals surface area (Å²) < 4.78 is 0. The highest BCUT2D eigenvalue weighted by Crippen LogP contribution is 2.20. The molecule has 0 radical (unpaired) electrons. The van der Waals surface area contributed by atoms with Crippen LogP contribution in [0.2, 0.25) is 0 Å². The maximum Gasteiger partial charge on any atom is 0.0526 e. The van der Waals surface area contributed by atoms with Crippen LogP contribution in [0.3, 0.4) is 0 Å². The largest absolute Gasteiger partial charge is 0.393 e. The van der Waals surface area contributed by atoms with E-state index >= 15 is 0 Å². The van der Waals surface area contributed by atoms with Gasteiger partial charge in [0.1, 0.15) is 0 Å². The molecule has 3 atom stereocenters. The molecule has 102 valence electrons. The SMILES string of the molecule is CC(O)CC(C)NC(C)c1ccc2ccccc2c1. The van der Waals surface area contributed by atoms with Crippen LogP contribution in [-0.2, 0) is 0 Å². The second kappa shape index (κ2) is 6.18. The van der Waals surface area contributed by atoms with Gasteiger partial charge in [-0.15, -0.1) is 0 Å². The van der Waals surface area contributed by atoms with Crippen molar-refractivity contribution in [3.05, 3.63) is 48.0 Å². The lowest BCUT2D eigenvalue weighted by atomic mass is 10.0. The summed E-state index contributed by atoms with van der Waals surface area (Å²) in [6.07, 6.45) is 0.518. The van der Waals surface area contributed by atoms with Crippen LogP contribution in [0.1, 0.15) is 38.8 Å². The molecule has 2 N–H and O–H groups in total. The van der Waals surface area contributed by atoms with E-state index in [0.29, 0.717) is 12.1 Å². The van der Waals surface area contributed by atoms with Crippen molar-refractivity contribution in [3.8, 4) is 0 Å². The molecule has 0 amide bonds. The van der Waals surface area contributed by atoms with Crippen LogP contribution in [0.5, 0.6) is 0 Å². The van der Waals surface area contributed by atoms with Gasteiger partial charge in [-0.3, -0.25) is 0 Å². The molecule has 0 heterocycles. The van der Waals surface area contributed by atoms with E-state index in [0.717, 1.165) is 6.42 Å². The average molecular weight is 257 g/mol. The zero-order chi connectivity index (χ0) is 13.8. The lowest BCUT2D eigenvalue weighted by molar-refractivity contribution is 0.168. The van der Waals surface area contributed by atoms with Gasteiger partial charge in [-0.25, -0.2) is 0 Å². The van der Waals surface area contributed by atoms with Gasteiger partial charge in [-0.2, -0.15) is 0 Å². The van der Waals surface area contributed by atoms with Crippen LogP contribution in [0.15, 0.2) is 42.5 Å². The molecule has 0 bridgehead atoms. The molecule has 0 aromatic heterocycles. The first-order chi connectivity index (χ1) is 9.06. The van der Waals surface area contributed by atoms with Crippen LogP contribution >= 0.6 is 0 Å². The predicted octanol–water partition coefficient (Wildman–Crippen LogP) is 3.65. The van der Waals surface area contributed by atoms with E-state index in [9.17, 15) is 5.11 Å². The molecule has 0 spiro atoms. The number of aliphatic hydroxyl groups excluding tert-OH is 1. The van der Waals surface area contributed by atoms with Gasteiger partial charge in [0.05, 0.1) is 6.10 Å². The molecule has 19 heavy (non-hydrogen) atoms. The molecule has 0 aliphatic carbocycles. The zero-order valence-corrected chi connectivity index (χ0v) is 11.9. The van der Waals surface area contributed by atoms with Gasteiger partial charge >= 0.3 is 0 Å².